The Bertz CT molecular complexity index is 1190. The van der Waals surface area contributed by atoms with Gasteiger partial charge in [0.15, 0.2) is 6.29 Å². The molecule has 270 valence electrons. The second-order valence-corrected chi connectivity index (χ2v) is 17.7. The number of ketones is 1. The SMILES string of the molecule is C[C@H](C(O)C[C@](O)(CO)C(C)(C)O)[C@H]1CC[C@@]2(C)[C@@H]3CC[C@H]4C(CO[C@@H]5O[C@H](CO)[C@@H](O)[C@H](O)[C@H]5O)C(=O)CC[C@@]45C[C@@]35CC[C@]12C. The van der Waals surface area contributed by atoms with Crippen LogP contribution in [0.15, 0.2) is 0 Å². The maximum atomic E-state index is 13.4. The van der Waals surface area contributed by atoms with Gasteiger partial charge >= 0.3 is 0 Å². The van der Waals surface area contributed by atoms with Gasteiger partial charge in [0.2, 0.25) is 0 Å². The molecule has 1 heterocycles. The van der Waals surface area contributed by atoms with Crippen LogP contribution in [0, 0.1) is 51.2 Å². The van der Waals surface area contributed by atoms with E-state index in [1.165, 1.54) is 13.8 Å². The molecular formula is C36H60O11. The van der Waals surface area contributed by atoms with Crippen molar-refractivity contribution in [3.05, 3.63) is 0 Å². The van der Waals surface area contributed by atoms with E-state index >= 15 is 0 Å². The van der Waals surface area contributed by atoms with Crippen LogP contribution >= 0.6 is 0 Å². The van der Waals surface area contributed by atoms with Crippen molar-refractivity contribution in [1.82, 2.24) is 0 Å². The van der Waals surface area contributed by atoms with Crippen molar-refractivity contribution in [2.75, 3.05) is 19.8 Å². The Morgan fingerprint density at radius 3 is 2.28 bits per heavy atom. The van der Waals surface area contributed by atoms with Crippen molar-refractivity contribution in [2.45, 2.75) is 147 Å². The lowest BCUT2D eigenvalue weighted by atomic mass is 9.43. The molecule has 0 aromatic heterocycles. The van der Waals surface area contributed by atoms with Crippen LogP contribution in [-0.2, 0) is 14.3 Å². The zero-order valence-electron chi connectivity index (χ0n) is 28.8. The molecule has 11 nitrogen and oxygen atoms in total. The monoisotopic (exact) mass is 668 g/mol. The molecule has 0 amide bonds. The van der Waals surface area contributed by atoms with E-state index in [1.807, 2.05) is 0 Å². The Balaban J connectivity index is 1.18. The summed E-state index contributed by atoms with van der Waals surface area (Å²) >= 11 is 0. The first-order chi connectivity index (χ1) is 21.9. The molecule has 8 N–H and O–H groups in total. The quantitative estimate of drug-likeness (QED) is 0.167. The first kappa shape index (κ1) is 36.1. The highest BCUT2D eigenvalue weighted by atomic mass is 16.7. The summed E-state index contributed by atoms with van der Waals surface area (Å²) in [5.74, 6) is 0.570. The summed E-state index contributed by atoms with van der Waals surface area (Å²) in [4.78, 5) is 13.4. The molecule has 5 aliphatic carbocycles. The van der Waals surface area contributed by atoms with Gasteiger partial charge in [0, 0.05) is 18.8 Å². The van der Waals surface area contributed by atoms with E-state index in [0.29, 0.717) is 12.3 Å². The van der Waals surface area contributed by atoms with E-state index in [2.05, 4.69) is 20.8 Å². The van der Waals surface area contributed by atoms with Crippen molar-refractivity contribution in [1.29, 1.82) is 0 Å². The van der Waals surface area contributed by atoms with Crippen LogP contribution in [0.5, 0.6) is 0 Å². The van der Waals surface area contributed by atoms with E-state index in [0.717, 1.165) is 51.4 Å². The molecule has 6 fully saturated rings. The molecule has 1 aliphatic heterocycles. The summed E-state index contributed by atoms with van der Waals surface area (Å²) in [6.07, 6.45) is 0.717. The number of ether oxygens (including phenoxy) is 2. The van der Waals surface area contributed by atoms with Crippen molar-refractivity contribution >= 4 is 5.78 Å². The van der Waals surface area contributed by atoms with E-state index in [1.54, 1.807) is 0 Å². The summed E-state index contributed by atoms with van der Waals surface area (Å²) in [5, 5.41) is 83.5. The summed E-state index contributed by atoms with van der Waals surface area (Å²) < 4.78 is 11.6. The van der Waals surface area contributed by atoms with Crippen LogP contribution in [0.2, 0.25) is 0 Å². The highest BCUT2D eigenvalue weighted by Gasteiger charge is 2.81. The fourth-order valence-corrected chi connectivity index (χ4v) is 12.5. The second-order valence-electron chi connectivity index (χ2n) is 17.7. The van der Waals surface area contributed by atoms with E-state index < -0.39 is 61.2 Å². The zero-order valence-corrected chi connectivity index (χ0v) is 28.8. The van der Waals surface area contributed by atoms with Gasteiger partial charge in [-0.2, -0.15) is 0 Å². The van der Waals surface area contributed by atoms with Gasteiger partial charge in [-0.3, -0.25) is 4.79 Å². The molecule has 11 heteroatoms. The van der Waals surface area contributed by atoms with Crippen LogP contribution in [0.1, 0.15) is 98.8 Å². The lowest BCUT2D eigenvalue weighted by Gasteiger charge is -2.62. The normalized spacial score (nSPS) is 50.4. The highest BCUT2D eigenvalue weighted by Crippen LogP contribution is 2.88. The van der Waals surface area contributed by atoms with Crippen LogP contribution in [-0.4, -0.2) is 114 Å². The maximum Gasteiger partial charge on any atom is 0.186 e. The second kappa shape index (κ2) is 11.9. The molecule has 0 radical (unpaired) electrons. The minimum absolute atomic E-state index is 0.0257. The third-order valence-electron chi connectivity index (χ3n) is 15.8. The predicted molar refractivity (Wildman–Crippen MR) is 169 cm³/mol. The van der Waals surface area contributed by atoms with Gasteiger partial charge in [-0.05, 0) is 111 Å². The highest BCUT2D eigenvalue weighted by molar-refractivity contribution is 5.83. The van der Waals surface area contributed by atoms with Crippen molar-refractivity contribution in [3.8, 4) is 0 Å². The Labute approximate surface area is 278 Å². The average Bonchev–Trinajstić information content (AvgIpc) is 3.61. The Morgan fingerprint density at radius 1 is 0.936 bits per heavy atom. The van der Waals surface area contributed by atoms with Crippen molar-refractivity contribution in [3.63, 3.8) is 0 Å². The maximum absolute atomic E-state index is 13.4. The van der Waals surface area contributed by atoms with E-state index in [-0.39, 0.29) is 64.1 Å². The molecule has 0 bridgehead atoms. The predicted octanol–water partition coefficient (Wildman–Crippen LogP) is 1.28. The van der Waals surface area contributed by atoms with Gasteiger partial charge in [-0.25, -0.2) is 0 Å². The number of carbonyl (C=O) groups excluding carboxylic acids is 1. The molecule has 5 saturated carbocycles. The molecule has 6 rings (SSSR count). The number of aliphatic hydroxyl groups excluding tert-OH is 6. The summed E-state index contributed by atoms with van der Waals surface area (Å²) in [6.45, 7) is 8.72. The molecule has 0 aromatic carbocycles. The van der Waals surface area contributed by atoms with Crippen molar-refractivity contribution < 1.29 is 55.1 Å². The van der Waals surface area contributed by atoms with Gasteiger partial charge < -0.3 is 50.3 Å². The lowest BCUT2D eigenvalue weighted by molar-refractivity contribution is -0.304. The molecule has 2 unspecified atom stereocenters. The number of fused-ring (bicyclic) bond motifs is 2. The summed E-state index contributed by atoms with van der Waals surface area (Å²) in [5.41, 5.74) is -3.13. The number of carbonyl (C=O) groups is 1. The van der Waals surface area contributed by atoms with Crippen LogP contribution in [0.4, 0.5) is 0 Å². The van der Waals surface area contributed by atoms with Gasteiger partial charge in [-0.1, -0.05) is 20.8 Å². The molecule has 16 atom stereocenters. The fourth-order valence-electron chi connectivity index (χ4n) is 12.5. The van der Waals surface area contributed by atoms with Gasteiger partial charge in [0.25, 0.3) is 0 Å². The molecule has 6 aliphatic rings. The first-order valence-corrected chi connectivity index (χ1v) is 18.0. The molecule has 0 aromatic rings. The standard InChI is InChI=1S/C36H60O11/c1-19(24(40)14-36(45,18-38)31(2,3)44)21-8-10-33(5)26-7-6-22-20(16-46-30-29(43)28(42)27(41)25(15-37)47-30)23(39)9-11-34(22)17-35(26,34)13-12-32(21,33)4/h19-22,24-30,37-38,40-45H,6-18H2,1-5H3/t19-,20?,21+,22-,24?,25+,26-,27+,28-,29+,30+,32+,33-,34+,35-,36-/m0/s1. The lowest BCUT2D eigenvalue weighted by Crippen LogP contribution is -2.59. The summed E-state index contributed by atoms with van der Waals surface area (Å²) in [6, 6.07) is 0. The van der Waals surface area contributed by atoms with Crippen LogP contribution < -0.4 is 0 Å². The molecular weight excluding hydrogens is 608 g/mol. The minimum Gasteiger partial charge on any atom is -0.394 e. The van der Waals surface area contributed by atoms with Crippen LogP contribution in [0.25, 0.3) is 0 Å². The average molecular weight is 669 g/mol. The first-order valence-electron chi connectivity index (χ1n) is 18.0. The number of Topliss-reactive ketones (excluding diaryl/α,β-unsaturated/α-hetero) is 1. The van der Waals surface area contributed by atoms with Crippen LogP contribution in [0.3, 0.4) is 0 Å². The van der Waals surface area contributed by atoms with Gasteiger partial charge in [-0.15, -0.1) is 0 Å². The van der Waals surface area contributed by atoms with Gasteiger partial charge in [0.05, 0.1) is 31.5 Å². The number of rotatable bonds is 10. The Kier molecular flexibility index (Phi) is 9.15. The van der Waals surface area contributed by atoms with Crippen molar-refractivity contribution in [2.24, 2.45) is 51.2 Å². The largest absolute Gasteiger partial charge is 0.394 e. The number of hydrogen-bond acceptors (Lipinski definition) is 11. The van der Waals surface area contributed by atoms with Gasteiger partial charge in [0.1, 0.15) is 35.8 Å². The van der Waals surface area contributed by atoms with E-state index in [4.69, 9.17) is 9.47 Å². The number of aliphatic hydroxyl groups is 8. The summed E-state index contributed by atoms with van der Waals surface area (Å²) in [7, 11) is 0. The zero-order chi connectivity index (χ0) is 34.5. The molecule has 47 heavy (non-hydrogen) atoms. The number of hydrogen-bond donors (Lipinski definition) is 8. The minimum atomic E-state index is -1.81. The third kappa shape index (κ3) is 5.07. The smallest absolute Gasteiger partial charge is 0.186 e. The molecule has 1 saturated heterocycles. The topological polar surface area (TPSA) is 197 Å². The Morgan fingerprint density at radius 2 is 1.64 bits per heavy atom. The van der Waals surface area contributed by atoms with E-state index in [9.17, 15) is 45.6 Å². The third-order valence-corrected chi connectivity index (χ3v) is 15.8. The Hall–Kier alpha value is -0.730. The fraction of sp³-hybridized carbons (Fsp3) is 0.972. The molecule has 2 spiro atoms.